The third-order valence-electron chi connectivity index (χ3n) is 4.39. The Kier molecular flexibility index (Phi) is 5.86. The van der Waals surface area contributed by atoms with Gasteiger partial charge in [-0.15, -0.1) is 0 Å². The van der Waals surface area contributed by atoms with Crippen molar-refractivity contribution in [2.75, 3.05) is 20.8 Å². The predicted molar refractivity (Wildman–Crippen MR) is 82.2 cm³/mol. The average Bonchev–Trinajstić information content (AvgIpc) is 2.43. The highest BCUT2D eigenvalue weighted by atomic mass is 16.5. The second-order valence-electron chi connectivity index (χ2n) is 5.70. The van der Waals surface area contributed by atoms with Crippen LogP contribution in [0.4, 0.5) is 0 Å². The minimum absolute atomic E-state index is 0.175. The minimum Gasteiger partial charge on any atom is -0.497 e. The van der Waals surface area contributed by atoms with Gasteiger partial charge in [-0.2, -0.15) is 0 Å². The summed E-state index contributed by atoms with van der Waals surface area (Å²) in [7, 11) is 3.68. The molecule has 1 N–H and O–H groups in total. The van der Waals surface area contributed by atoms with Gasteiger partial charge in [0.05, 0.1) is 19.3 Å². The normalized spacial score (nSPS) is 18.4. The van der Waals surface area contributed by atoms with Crippen LogP contribution in [0.3, 0.4) is 0 Å². The number of hydrogen-bond donors (Lipinski definition) is 1. The van der Waals surface area contributed by atoms with Crippen LogP contribution in [0.2, 0.25) is 0 Å². The maximum Gasteiger partial charge on any atom is 0.118 e. The van der Waals surface area contributed by atoms with Gasteiger partial charge < -0.3 is 14.8 Å². The van der Waals surface area contributed by atoms with E-state index in [0.717, 1.165) is 18.3 Å². The quantitative estimate of drug-likeness (QED) is 0.788. The summed E-state index contributed by atoms with van der Waals surface area (Å²) in [6.45, 7) is 3.02. The van der Waals surface area contributed by atoms with E-state index in [4.69, 9.17) is 9.47 Å². The molecule has 0 saturated heterocycles. The predicted octanol–water partition coefficient (Wildman–Crippen LogP) is 3.55. The fourth-order valence-corrected chi connectivity index (χ4v) is 2.78. The van der Waals surface area contributed by atoms with Crippen LogP contribution in [0.5, 0.6) is 5.75 Å². The van der Waals surface area contributed by atoms with Gasteiger partial charge in [0.15, 0.2) is 0 Å². The first-order chi connectivity index (χ1) is 9.74. The van der Waals surface area contributed by atoms with Crippen LogP contribution >= 0.6 is 0 Å². The molecular formula is C17H27NO2. The fraction of sp³-hybridized carbons (Fsp3) is 0.647. The molecule has 0 spiro atoms. The number of hydrogen-bond acceptors (Lipinski definition) is 3. The second-order valence-corrected chi connectivity index (χ2v) is 5.70. The van der Waals surface area contributed by atoms with E-state index in [9.17, 15) is 0 Å². The molecule has 0 aliphatic heterocycles. The third kappa shape index (κ3) is 3.97. The summed E-state index contributed by atoms with van der Waals surface area (Å²) < 4.78 is 11.2. The zero-order valence-corrected chi connectivity index (χ0v) is 12.9. The summed E-state index contributed by atoms with van der Waals surface area (Å²) in [5.41, 5.74) is 1.24. The van der Waals surface area contributed by atoms with E-state index in [2.05, 4.69) is 24.4 Å². The van der Waals surface area contributed by atoms with Gasteiger partial charge in [-0.3, -0.25) is 0 Å². The number of likely N-dealkylation sites (N-methyl/N-ethyl adjacent to an activating group) is 1. The largest absolute Gasteiger partial charge is 0.497 e. The molecule has 2 rings (SSSR count). The second kappa shape index (κ2) is 7.65. The van der Waals surface area contributed by atoms with E-state index in [1.807, 2.05) is 19.2 Å². The molecule has 1 aromatic carbocycles. The van der Waals surface area contributed by atoms with Gasteiger partial charge in [0.2, 0.25) is 0 Å². The highest BCUT2D eigenvalue weighted by Crippen LogP contribution is 2.29. The highest BCUT2D eigenvalue weighted by Gasteiger charge is 2.20. The lowest BCUT2D eigenvalue weighted by Gasteiger charge is -2.28. The number of nitrogens with one attached hydrogen (secondary N) is 1. The Morgan fingerprint density at radius 2 is 1.95 bits per heavy atom. The zero-order chi connectivity index (χ0) is 14.4. The third-order valence-corrected chi connectivity index (χ3v) is 4.39. The summed E-state index contributed by atoms with van der Waals surface area (Å²) in [6.07, 6.45) is 5.58. The van der Waals surface area contributed by atoms with Gasteiger partial charge >= 0.3 is 0 Å². The molecule has 1 aliphatic carbocycles. The lowest BCUT2D eigenvalue weighted by atomic mass is 9.83. The van der Waals surface area contributed by atoms with Gasteiger partial charge in [-0.1, -0.05) is 31.4 Å². The summed E-state index contributed by atoms with van der Waals surface area (Å²) in [6, 6.07) is 8.43. The van der Waals surface area contributed by atoms with E-state index in [-0.39, 0.29) is 12.1 Å². The first kappa shape index (κ1) is 15.3. The Morgan fingerprint density at radius 3 is 2.45 bits per heavy atom. The fourth-order valence-electron chi connectivity index (χ4n) is 2.78. The molecule has 3 nitrogen and oxygen atoms in total. The Hall–Kier alpha value is -1.06. The molecule has 0 bridgehead atoms. The number of methoxy groups -OCH3 is 1. The number of rotatable bonds is 8. The van der Waals surface area contributed by atoms with Crippen LogP contribution in [0, 0.1) is 5.92 Å². The summed E-state index contributed by atoms with van der Waals surface area (Å²) in [5.74, 6) is 1.80. The maximum absolute atomic E-state index is 6.02. The first-order valence-electron chi connectivity index (χ1n) is 7.67. The van der Waals surface area contributed by atoms with E-state index >= 15 is 0 Å². The minimum atomic E-state index is 0.175. The Labute approximate surface area is 122 Å². The first-order valence-corrected chi connectivity index (χ1v) is 7.67. The van der Waals surface area contributed by atoms with Gasteiger partial charge in [-0.25, -0.2) is 0 Å². The van der Waals surface area contributed by atoms with Crippen molar-refractivity contribution in [2.24, 2.45) is 5.92 Å². The van der Waals surface area contributed by atoms with Crippen LogP contribution in [0.25, 0.3) is 0 Å². The van der Waals surface area contributed by atoms with Crippen molar-refractivity contribution in [1.29, 1.82) is 0 Å². The molecule has 112 valence electrons. The van der Waals surface area contributed by atoms with E-state index < -0.39 is 0 Å². The standard InChI is InChI=1S/C17H27NO2/c1-13(20-12-11-14-5-4-6-14)17(18-2)15-7-9-16(19-3)10-8-15/h7-10,13-14,17-18H,4-6,11-12H2,1-3H3. The SMILES string of the molecule is CNC(c1ccc(OC)cc1)C(C)OCCC1CCC1. The van der Waals surface area contributed by atoms with Gasteiger partial charge in [-0.05, 0) is 44.0 Å². The molecule has 0 heterocycles. The Morgan fingerprint density at radius 1 is 1.25 bits per heavy atom. The van der Waals surface area contributed by atoms with E-state index in [0.29, 0.717) is 0 Å². The van der Waals surface area contributed by atoms with Crippen molar-refractivity contribution in [3.63, 3.8) is 0 Å². The van der Waals surface area contributed by atoms with Crippen molar-refractivity contribution in [1.82, 2.24) is 5.32 Å². The average molecular weight is 277 g/mol. The van der Waals surface area contributed by atoms with Crippen molar-refractivity contribution in [2.45, 2.75) is 44.8 Å². The molecule has 2 atom stereocenters. The molecule has 0 amide bonds. The molecule has 2 unspecified atom stereocenters. The number of benzene rings is 1. The molecule has 3 heteroatoms. The van der Waals surface area contributed by atoms with Crippen molar-refractivity contribution in [3.05, 3.63) is 29.8 Å². The van der Waals surface area contributed by atoms with Gasteiger partial charge in [0.25, 0.3) is 0 Å². The van der Waals surface area contributed by atoms with Crippen LogP contribution in [0.15, 0.2) is 24.3 Å². The number of ether oxygens (including phenoxy) is 2. The monoisotopic (exact) mass is 277 g/mol. The lowest BCUT2D eigenvalue weighted by molar-refractivity contribution is 0.0268. The van der Waals surface area contributed by atoms with Crippen molar-refractivity contribution >= 4 is 0 Å². The maximum atomic E-state index is 6.02. The van der Waals surface area contributed by atoms with E-state index in [1.165, 1.54) is 31.2 Å². The zero-order valence-electron chi connectivity index (χ0n) is 12.9. The molecule has 1 aromatic rings. The summed E-state index contributed by atoms with van der Waals surface area (Å²) in [4.78, 5) is 0. The molecule has 1 aliphatic rings. The molecule has 1 saturated carbocycles. The molecular weight excluding hydrogens is 250 g/mol. The molecule has 20 heavy (non-hydrogen) atoms. The van der Waals surface area contributed by atoms with Crippen LogP contribution in [0.1, 0.15) is 44.2 Å². The van der Waals surface area contributed by atoms with Gasteiger partial charge in [0.1, 0.15) is 5.75 Å². The molecule has 0 aromatic heterocycles. The topological polar surface area (TPSA) is 30.5 Å². The Bertz CT molecular complexity index is 386. The summed E-state index contributed by atoms with van der Waals surface area (Å²) >= 11 is 0. The van der Waals surface area contributed by atoms with Crippen molar-refractivity contribution in [3.8, 4) is 5.75 Å². The Balaban J connectivity index is 1.84. The molecule has 1 fully saturated rings. The smallest absolute Gasteiger partial charge is 0.118 e. The van der Waals surface area contributed by atoms with E-state index in [1.54, 1.807) is 7.11 Å². The van der Waals surface area contributed by atoms with Crippen LogP contribution < -0.4 is 10.1 Å². The van der Waals surface area contributed by atoms with Crippen LogP contribution in [-0.2, 0) is 4.74 Å². The lowest BCUT2D eigenvalue weighted by Crippen LogP contribution is -2.30. The highest BCUT2D eigenvalue weighted by molar-refractivity contribution is 5.29. The molecule has 0 radical (unpaired) electrons. The van der Waals surface area contributed by atoms with Crippen molar-refractivity contribution < 1.29 is 9.47 Å². The summed E-state index contributed by atoms with van der Waals surface area (Å²) in [5, 5.41) is 3.36. The van der Waals surface area contributed by atoms with Gasteiger partial charge in [0, 0.05) is 6.61 Å². The van der Waals surface area contributed by atoms with Crippen LogP contribution in [-0.4, -0.2) is 26.9 Å².